The van der Waals surface area contributed by atoms with Gasteiger partial charge in [-0.25, -0.2) is 13.1 Å². The number of tetrazole rings is 1. The van der Waals surface area contributed by atoms with E-state index in [2.05, 4.69) is 15.4 Å². The van der Waals surface area contributed by atoms with Gasteiger partial charge in [0, 0.05) is 0 Å². The van der Waals surface area contributed by atoms with E-state index in [4.69, 9.17) is 0 Å². The summed E-state index contributed by atoms with van der Waals surface area (Å²) in [5.74, 6) is -1.64. The minimum atomic E-state index is -4.41. The molecule has 1 heterocycles. The van der Waals surface area contributed by atoms with E-state index < -0.39 is 31.3 Å². The number of aromatic nitrogens is 4. The van der Waals surface area contributed by atoms with E-state index in [1.54, 1.807) is 0 Å². The van der Waals surface area contributed by atoms with Crippen molar-refractivity contribution in [1.82, 2.24) is 20.2 Å². The van der Waals surface area contributed by atoms with Crippen LogP contribution in [0.15, 0.2) is 23.1 Å². The molecule has 1 N–H and O–H groups in total. The summed E-state index contributed by atoms with van der Waals surface area (Å²) < 4.78 is 39.2. The summed E-state index contributed by atoms with van der Waals surface area (Å²) in [4.78, 5) is 9.81. The van der Waals surface area contributed by atoms with Crippen LogP contribution < -0.4 is 4.72 Å². The fourth-order valence-corrected chi connectivity index (χ4v) is 2.51. The molecule has 0 amide bonds. The van der Waals surface area contributed by atoms with Crippen molar-refractivity contribution in [3.05, 3.63) is 34.1 Å². The van der Waals surface area contributed by atoms with Crippen LogP contribution in [-0.4, -0.2) is 33.5 Å². The molecule has 2 rings (SSSR count). The Balaban J connectivity index is 2.50. The lowest BCUT2D eigenvalue weighted by atomic mass is 10.3. The normalized spacial score (nSPS) is 11.3. The third-order valence-electron chi connectivity index (χ3n) is 2.16. The number of para-hydroxylation sites is 1. The lowest BCUT2D eigenvalue weighted by Crippen LogP contribution is -2.16. The highest BCUT2D eigenvalue weighted by Gasteiger charge is 2.30. The summed E-state index contributed by atoms with van der Waals surface area (Å²) in [6.45, 7) is 0. The van der Waals surface area contributed by atoms with Crippen LogP contribution in [0.25, 0.3) is 0 Å². The monoisotopic (exact) mass is 302 g/mol. The maximum absolute atomic E-state index is 13.4. The third-order valence-corrected chi connectivity index (χ3v) is 3.52. The second kappa shape index (κ2) is 4.80. The van der Waals surface area contributed by atoms with Crippen molar-refractivity contribution < 1.29 is 17.7 Å². The van der Waals surface area contributed by atoms with Crippen molar-refractivity contribution in [3.8, 4) is 0 Å². The van der Waals surface area contributed by atoms with Gasteiger partial charge in [0.25, 0.3) is 16.0 Å². The van der Waals surface area contributed by atoms with Crippen molar-refractivity contribution in [2.75, 3.05) is 4.72 Å². The van der Waals surface area contributed by atoms with Crippen LogP contribution in [0.5, 0.6) is 0 Å². The van der Waals surface area contributed by atoms with Gasteiger partial charge in [-0.2, -0.15) is 9.19 Å². The van der Waals surface area contributed by atoms with Gasteiger partial charge in [-0.3, -0.25) is 10.1 Å². The van der Waals surface area contributed by atoms with Gasteiger partial charge in [0.1, 0.15) is 0 Å². The Morgan fingerprint density at radius 3 is 2.70 bits per heavy atom. The van der Waals surface area contributed by atoms with Crippen molar-refractivity contribution in [2.24, 2.45) is 7.05 Å². The van der Waals surface area contributed by atoms with Gasteiger partial charge in [0.05, 0.1) is 12.0 Å². The fourth-order valence-electron chi connectivity index (χ4n) is 1.39. The Labute approximate surface area is 111 Å². The molecule has 12 heteroatoms. The summed E-state index contributed by atoms with van der Waals surface area (Å²) in [5, 5.41) is 21.1. The van der Waals surface area contributed by atoms with E-state index in [0.717, 1.165) is 23.0 Å². The predicted octanol–water partition coefficient (Wildman–Crippen LogP) is 0.0582. The van der Waals surface area contributed by atoms with Crippen molar-refractivity contribution in [1.29, 1.82) is 0 Å². The number of aryl methyl sites for hydroxylation is 1. The summed E-state index contributed by atoms with van der Waals surface area (Å²) in [5.41, 5.74) is -1.15. The number of anilines is 1. The smallest absolute Gasteiger partial charge is 0.258 e. The molecule has 0 atom stereocenters. The minimum Gasteiger partial charge on any atom is -0.258 e. The molecule has 0 aliphatic carbocycles. The van der Waals surface area contributed by atoms with E-state index in [9.17, 15) is 22.9 Å². The van der Waals surface area contributed by atoms with Gasteiger partial charge in [-0.15, -0.1) is 5.10 Å². The molecule has 106 valence electrons. The highest BCUT2D eigenvalue weighted by atomic mass is 32.2. The highest BCUT2D eigenvalue weighted by molar-refractivity contribution is 7.92. The number of sulfonamides is 1. The van der Waals surface area contributed by atoms with E-state index in [1.807, 2.05) is 4.72 Å². The molecule has 0 spiro atoms. The van der Waals surface area contributed by atoms with Gasteiger partial charge in [-0.1, -0.05) is 11.2 Å². The summed E-state index contributed by atoms with van der Waals surface area (Å²) in [7, 11) is -3.01. The third kappa shape index (κ3) is 2.54. The summed E-state index contributed by atoms with van der Waals surface area (Å²) in [6.07, 6.45) is 0. The standard InChI is InChI=1S/C8H7FN6O4S/c1-14-11-8(10-13-14)12-20(18,19)6-4-2-3-5(9)7(6)15(16)17/h2-4H,1H3,(H,11,12). The lowest BCUT2D eigenvalue weighted by Gasteiger charge is -2.05. The van der Waals surface area contributed by atoms with Crippen molar-refractivity contribution >= 4 is 21.7 Å². The van der Waals surface area contributed by atoms with Crippen LogP contribution in [0, 0.1) is 15.9 Å². The van der Waals surface area contributed by atoms with E-state index in [-0.39, 0.29) is 5.95 Å². The number of nitrogens with zero attached hydrogens (tertiary/aromatic N) is 5. The van der Waals surface area contributed by atoms with Gasteiger partial charge >= 0.3 is 5.69 Å². The Morgan fingerprint density at radius 1 is 1.45 bits per heavy atom. The maximum Gasteiger partial charge on any atom is 0.325 e. The molecule has 0 radical (unpaired) electrons. The second-order valence-corrected chi connectivity index (χ2v) is 5.20. The van der Waals surface area contributed by atoms with Gasteiger partial charge in [0.2, 0.25) is 5.82 Å². The quantitative estimate of drug-likeness (QED) is 0.623. The molecule has 1 aromatic heterocycles. The Kier molecular flexibility index (Phi) is 3.31. The molecule has 0 aliphatic rings. The molecular formula is C8H7FN6O4S. The number of nitro benzene ring substituents is 1. The largest absolute Gasteiger partial charge is 0.325 e. The number of nitrogens with one attached hydrogen (secondary N) is 1. The maximum atomic E-state index is 13.4. The number of benzene rings is 1. The zero-order valence-corrected chi connectivity index (χ0v) is 10.7. The van der Waals surface area contributed by atoms with Crippen LogP contribution in [0.4, 0.5) is 16.0 Å². The minimum absolute atomic E-state index is 0.383. The van der Waals surface area contributed by atoms with Gasteiger partial charge < -0.3 is 0 Å². The van der Waals surface area contributed by atoms with Crippen LogP contribution in [0.3, 0.4) is 0 Å². The summed E-state index contributed by atoms with van der Waals surface area (Å²) in [6, 6.07) is 2.73. The first kappa shape index (κ1) is 13.8. The molecule has 0 aliphatic heterocycles. The van der Waals surface area contributed by atoms with Gasteiger partial charge in [-0.05, 0) is 17.3 Å². The van der Waals surface area contributed by atoms with Crippen LogP contribution in [-0.2, 0) is 17.1 Å². The molecule has 0 saturated heterocycles. The molecule has 0 unspecified atom stereocenters. The number of rotatable bonds is 4. The summed E-state index contributed by atoms with van der Waals surface area (Å²) >= 11 is 0. The number of nitro groups is 1. The number of hydrogen-bond acceptors (Lipinski definition) is 7. The lowest BCUT2D eigenvalue weighted by molar-refractivity contribution is -0.390. The number of hydrogen-bond donors (Lipinski definition) is 1. The Bertz CT molecular complexity index is 773. The zero-order valence-electron chi connectivity index (χ0n) is 9.89. The van der Waals surface area contributed by atoms with E-state index in [0.29, 0.717) is 0 Å². The first-order chi connectivity index (χ1) is 9.31. The molecule has 0 fully saturated rings. The molecule has 10 nitrogen and oxygen atoms in total. The zero-order chi connectivity index (χ0) is 14.9. The topological polar surface area (TPSA) is 133 Å². The first-order valence-corrected chi connectivity index (χ1v) is 6.49. The van der Waals surface area contributed by atoms with Crippen LogP contribution >= 0.6 is 0 Å². The fraction of sp³-hybridized carbons (Fsp3) is 0.125. The second-order valence-electron chi connectivity index (χ2n) is 3.55. The van der Waals surface area contributed by atoms with Crippen LogP contribution in [0.1, 0.15) is 0 Å². The Hall–Kier alpha value is -2.63. The van der Waals surface area contributed by atoms with Crippen LogP contribution in [0.2, 0.25) is 0 Å². The molecule has 20 heavy (non-hydrogen) atoms. The average molecular weight is 302 g/mol. The van der Waals surface area contributed by atoms with E-state index in [1.165, 1.54) is 7.05 Å². The first-order valence-electron chi connectivity index (χ1n) is 5.01. The SMILES string of the molecule is Cn1nnc(NS(=O)(=O)c2cccc(F)c2[N+](=O)[O-])n1. The van der Waals surface area contributed by atoms with Crippen molar-refractivity contribution in [3.63, 3.8) is 0 Å². The molecule has 0 saturated carbocycles. The molecular weight excluding hydrogens is 295 g/mol. The predicted molar refractivity (Wildman–Crippen MR) is 62.7 cm³/mol. The van der Waals surface area contributed by atoms with Crippen molar-refractivity contribution in [2.45, 2.75) is 4.90 Å². The highest BCUT2D eigenvalue weighted by Crippen LogP contribution is 2.27. The van der Waals surface area contributed by atoms with E-state index >= 15 is 0 Å². The number of halogens is 1. The average Bonchev–Trinajstić information content (AvgIpc) is 2.73. The Morgan fingerprint density at radius 2 is 2.15 bits per heavy atom. The van der Waals surface area contributed by atoms with Gasteiger partial charge in [0.15, 0.2) is 4.90 Å². The molecule has 2 aromatic rings. The molecule has 0 bridgehead atoms. The molecule has 1 aromatic carbocycles.